The molecule has 0 amide bonds. The maximum atomic E-state index is 11.2. The first-order chi connectivity index (χ1) is 7.97. The Labute approximate surface area is 103 Å². The van der Waals surface area contributed by atoms with E-state index < -0.39 is 18.2 Å². The predicted octanol–water partition coefficient (Wildman–Crippen LogP) is 1.00. The van der Waals surface area contributed by atoms with Gasteiger partial charge in [0.1, 0.15) is 11.9 Å². The number of halogens is 1. The van der Waals surface area contributed by atoms with Crippen molar-refractivity contribution in [1.29, 1.82) is 0 Å². The molecule has 1 rings (SSSR count). The quantitative estimate of drug-likeness (QED) is 0.703. The van der Waals surface area contributed by atoms with Gasteiger partial charge in [-0.25, -0.2) is 4.79 Å². The minimum absolute atomic E-state index is 0.0563. The number of hydrogen-bond donors (Lipinski definition) is 3. The summed E-state index contributed by atoms with van der Waals surface area (Å²) < 4.78 is 4.57. The molecule has 0 bridgehead atoms. The summed E-state index contributed by atoms with van der Waals surface area (Å²) in [5.41, 5.74) is 0.144. The first-order valence-corrected chi connectivity index (χ1v) is 5.36. The predicted molar refractivity (Wildman–Crippen MR) is 60.7 cm³/mol. The van der Waals surface area contributed by atoms with E-state index in [4.69, 9.17) is 16.7 Å². The van der Waals surface area contributed by atoms with E-state index >= 15 is 0 Å². The van der Waals surface area contributed by atoms with Crippen molar-refractivity contribution in [3.8, 4) is 5.75 Å². The van der Waals surface area contributed by atoms with Crippen LogP contribution in [0.4, 0.5) is 0 Å². The van der Waals surface area contributed by atoms with Crippen molar-refractivity contribution in [2.75, 3.05) is 6.61 Å². The second-order valence-corrected chi connectivity index (χ2v) is 3.75. The number of aromatic hydroxyl groups is 1. The van der Waals surface area contributed by atoms with E-state index in [0.717, 1.165) is 0 Å². The third-order valence-corrected chi connectivity index (χ3v) is 2.46. The highest BCUT2D eigenvalue weighted by Gasteiger charge is 2.28. The first kappa shape index (κ1) is 13.8. The average molecular weight is 261 g/mol. The van der Waals surface area contributed by atoms with Gasteiger partial charge in [-0.15, -0.1) is 0 Å². The lowest BCUT2D eigenvalue weighted by atomic mass is 10.0. The number of benzene rings is 1. The van der Waals surface area contributed by atoms with E-state index in [1.54, 1.807) is 6.92 Å². The van der Waals surface area contributed by atoms with Gasteiger partial charge in [0.05, 0.1) is 11.6 Å². The van der Waals surface area contributed by atoms with Gasteiger partial charge in [0.25, 0.3) is 0 Å². The van der Waals surface area contributed by atoms with Gasteiger partial charge in [-0.2, -0.15) is 0 Å². The van der Waals surface area contributed by atoms with Gasteiger partial charge in [0, 0.05) is 5.56 Å². The SMILES string of the molecule is CCOC(=O)C(O)C(O)c1ccc(O)cc1Cl. The van der Waals surface area contributed by atoms with Crippen LogP contribution >= 0.6 is 11.6 Å². The summed E-state index contributed by atoms with van der Waals surface area (Å²) in [5, 5.41) is 28.4. The van der Waals surface area contributed by atoms with Crippen molar-refractivity contribution in [1.82, 2.24) is 0 Å². The van der Waals surface area contributed by atoms with Crippen LogP contribution < -0.4 is 0 Å². The monoisotopic (exact) mass is 260 g/mol. The lowest BCUT2D eigenvalue weighted by Gasteiger charge is -2.17. The summed E-state index contributed by atoms with van der Waals surface area (Å²) >= 11 is 5.77. The largest absolute Gasteiger partial charge is 0.508 e. The summed E-state index contributed by atoms with van der Waals surface area (Å²) in [5.74, 6) is -0.999. The molecule has 6 heteroatoms. The molecule has 0 aliphatic carbocycles. The van der Waals surface area contributed by atoms with Crippen LogP contribution in [0.5, 0.6) is 5.75 Å². The zero-order valence-electron chi connectivity index (χ0n) is 9.13. The number of phenolic OH excluding ortho intramolecular Hbond substituents is 1. The molecule has 94 valence electrons. The second kappa shape index (κ2) is 5.86. The molecule has 0 saturated carbocycles. The van der Waals surface area contributed by atoms with Crippen molar-refractivity contribution in [2.45, 2.75) is 19.1 Å². The Morgan fingerprint density at radius 1 is 1.47 bits per heavy atom. The Morgan fingerprint density at radius 2 is 2.12 bits per heavy atom. The molecular formula is C11H13ClO5. The number of phenols is 1. The van der Waals surface area contributed by atoms with Crippen LogP contribution in [-0.4, -0.2) is 34.0 Å². The Bertz CT molecular complexity index is 407. The van der Waals surface area contributed by atoms with E-state index in [0.29, 0.717) is 0 Å². The smallest absolute Gasteiger partial charge is 0.338 e. The van der Waals surface area contributed by atoms with Crippen LogP contribution in [-0.2, 0) is 9.53 Å². The molecule has 1 aromatic rings. The Hall–Kier alpha value is -1.30. The fourth-order valence-electron chi connectivity index (χ4n) is 1.28. The zero-order chi connectivity index (χ0) is 13.0. The van der Waals surface area contributed by atoms with Crippen molar-refractivity contribution in [3.63, 3.8) is 0 Å². The minimum Gasteiger partial charge on any atom is -0.508 e. The van der Waals surface area contributed by atoms with Crippen molar-refractivity contribution in [3.05, 3.63) is 28.8 Å². The van der Waals surface area contributed by atoms with Crippen molar-refractivity contribution < 1.29 is 24.9 Å². The Kier molecular flexibility index (Phi) is 4.74. The summed E-state index contributed by atoms with van der Waals surface area (Å²) in [6, 6.07) is 3.82. The van der Waals surface area contributed by atoms with Crippen LogP contribution in [0.25, 0.3) is 0 Å². The second-order valence-electron chi connectivity index (χ2n) is 3.35. The number of ether oxygens (including phenoxy) is 1. The Balaban J connectivity index is 2.88. The number of esters is 1. The minimum atomic E-state index is -1.71. The third-order valence-electron chi connectivity index (χ3n) is 2.13. The number of rotatable bonds is 4. The molecule has 0 radical (unpaired) electrons. The van der Waals surface area contributed by atoms with Crippen LogP contribution in [0.2, 0.25) is 5.02 Å². The summed E-state index contributed by atoms with van der Waals surface area (Å²) in [4.78, 5) is 11.2. The summed E-state index contributed by atoms with van der Waals surface area (Å²) in [7, 11) is 0. The molecule has 0 aromatic heterocycles. The molecule has 5 nitrogen and oxygen atoms in total. The van der Waals surface area contributed by atoms with Gasteiger partial charge >= 0.3 is 5.97 Å². The third kappa shape index (κ3) is 3.33. The molecule has 2 atom stereocenters. The molecule has 0 heterocycles. The van der Waals surface area contributed by atoms with Gasteiger partial charge < -0.3 is 20.1 Å². The van der Waals surface area contributed by atoms with Crippen LogP contribution in [0, 0.1) is 0 Å². The van der Waals surface area contributed by atoms with Gasteiger partial charge in [-0.3, -0.25) is 0 Å². The van der Waals surface area contributed by atoms with Gasteiger partial charge in [-0.05, 0) is 19.1 Å². The summed E-state index contributed by atoms with van der Waals surface area (Å²) in [6.07, 6.45) is -3.21. The van der Waals surface area contributed by atoms with Gasteiger partial charge in [0.15, 0.2) is 6.10 Å². The standard InChI is InChI=1S/C11H13ClO5/c1-2-17-11(16)10(15)9(14)7-4-3-6(13)5-8(7)12/h3-5,9-10,13-15H,2H2,1H3. The maximum Gasteiger partial charge on any atom is 0.338 e. The van der Waals surface area contributed by atoms with Gasteiger partial charge in [0.2, 0.25) is 0 Å². The first-order valence-electron chi connectivity index (χ1n) is 4.98. The van der Waals surface area contributed by atoms with Crippen LogP contribution in [0.1, 0.15) is 18.6 Å². The molecule has 0 aliphatic heterocycles. The van der Waals surface area contributed by atoms with Crippen LogP contribution in [0.3, 0.4) is 0 Å². The topological polar surface area (TPSA) is 87.0 Å². The highest BCUT2D eigenvalue weighted by molar-refractivity contribution is 6.31. The molecule has 0 aliphatic rings. The fraction of sp³-hybridized carbons (Fsp3) is 0.364. The Morgan fingerprint density at radius 3 is 2.65 bits per heavy atom. The highest BCUT2D eigenvalue weighted by Crippen LogP contribution is 2.28. The number of hydrogen-bond acceptors (Lipinski definition) is 5. The molecule has 1 aromatic carbocycles. The zero-order valence-corrected chi connectivity index (χ0v) is 9.89. The van der Waals surface area contributed by atoms with E-state index in [9.17, 15) is 15.0 Å². The molecular weight excluding hydrogens is 248 g/mol. The average Bonchev–Trinajstić information content (AvgIpc) is 2.27. The molecule has 0 fully saturated rings. The normalized spacial score (nSPS) is 14.1. The molecule has 3 N–H and O–H groups in total. The number of carbonyl (C=O) groups is 1. The molecule has 17 heavy (non-hydrogen) atoms. The highest BCUT2D eigenvalue weighted by atomic mass is 35.5. The lowest BCUT2D eigenvalue weighted by Crippen LogP contribution is -2.30. The van der Waals surface area contributed by atoms with Crippen molar-refractivity contribution >= 4 is 17.6 Å². The molecule has 0 spiro atoms. The molecule has 2 unspecified atom stereocenters. The maximum absolute atomic E-state index is 11.2. The molecule has 0 saturated heterocycles. The number of carbonyl (C=O) groups excluding carboxylic acids is 1. The van der Waals surface area contributed by atoms with E-state index in [1.165, 1.54) is 18.2 Å². The number of aliphatic hydroxyl groups is 2. The van der Waals surface area contributed by atoms with E-state index in [2.05, 4.69) is 4.74 Å². The van der Waals surface area contributed by atoms with Crippen LogP contribution in [0.15, 0.2) is 18.2 Å². The lowest BCUT2D eigenvalue weighted by molar-refractivity contribution is -0.159. The van der Waals surface area contributed by atoms with Gasteiger partial charge in [-0.1, -0.05) is 17.7 Å². The van der Waals surface area contributed by atoms with E-state index in [1.807, 2.05) is 0 Å². The fourth-order valence-corrected chi connectivity index (χ4v) is 1.57. The van der Waals surface area contributed by atoms with Crippen molar-refractivity contribution in [2.24, 2.45) is 0 Å². The number of aliphatic hydroxyl groups excluding tert-OH is 2. The summed E-state index contributed by atoms with van der Waals surface area (Å²) in [6.45, 7) is 1.69. The van der Waals surface area contributed by atoms with E-state index in [-0.39, 0.29) is 22.9 Å².